The number of hydrogen-bond donors (Lipinski definition) is 1. The minimum Gasteiger partial charge on any atom is -0.300 e. The van der Waals surface area contributed by atoms with Crippen LogP contribution in [0.1, 0.15) is 11.1 Å². The van der Waals surface area contributed by atoms with Crippen LogP contribution in [0.5, 0.6) is 0 Å². The van der Waals surface area contributed by atoms with Gasteiger partial charge in [-0.15, -0.1) is 0 Å². The number of aliphatic imine (C=N–C) groups is 1. The Morgan fingerprint density at radius 3 is 2.58 bits per heavy atom. The van der Waals surface area contributed by atoms with Crippen LogP contribution in [0.15, 0.2) is 52.4 Å². The van der Waals surface area contributed by atoms with Crippen molar-refractivity contribution in [2.75, 3.05) is 0 Å². The summed E-state index contributed by atoms with van der Waals surface area (Å²) in [5, 5.41) is 2.65. The molecule has 1 saturated heterocycles. The molecule has 3 nitrogen and oxygen atoms in total. The molecule has 1 fully saturated rings. The maximum Gasteiger partial charge on any atom is 0.416 e. The molecule has 0 saturated carbocycles. The van der Waals surface area contributed by atoms with Crippen LogP contribution in [0.4, 0.5) is 23.2 Å². The Morgan fingerprint density at radius 1 is 1.15 bits per heavy atom. The van der Waals surface area contributed by atoms with E-state index in [9.17, 15) is 22.4 Å². The average molecular weight is 401 g/mol. The van der Waals surface area contributed by atoms with Gasteiger partial charge in [-0.1, -0.05) is 23.7 Å². The highest BCUT2D eigenvalue weighted by Crippen LogP contribution is 2.33. The predicted molar refractivity (Wildman–Crippen MR) is 93.7 cm³/mol. The number of amides is 1. The summed E-state index contributed by atoms with van der Waals surface area (Å²) in [7, 11) is 0. The fourth-order valence-electron chi connectivity index (χ4n) is 2.13. The first-order valence-corrected chi connectivity index (χ1v) is 8.34. The summed E-state index contributed by atoms with van der Waals surface area (Å²) in [6.45, 7) is 0. The number of halogens is 5. The van der Waals surface area contributed by atoms with E-state index in [0.717, 1.165) is 23.9 Å². The fourth-order valence-corrected chi connectivity index (χ4v) is 3.17. The van der Waals surface area contributed by atoms with Gasteiger partial charge in [-0.3, -0.25) is 4.79 Å². The van der Waals surface area contributed by atoms with Crippen LogP contribution in [-0.2, 0) is 11.0 Å². The molecule has 2 aromatic rings. The number of nitrogens with zero attached hydrogens (tertiary/aromatic N) is 1. The number of nitrogens with one attached hydrogen (secondary N) is 1. The first-order valence-electron chi connectivity index (χ1n) is 7.15. The number of thioether (sulfide) groups is 1. The molecule has 1 N–H and O–H groups in total. The standard InChI is InChI=1S/C17H9ClF4N2OS/c18-12-5-2-6-13(19)11(12)8-14-15(25)24-16(26-14)23-10-4-1-3-9(7-10)17(20,21)22/h1-8H,(H,23,24,25). The number of alkyl halides is 3. The van der Waals surface area contributed by atoms with Crippen molar-refractivity contribution < 1.29 is 22.4 Å². The molecule has 0 atom stereocenters. The number of rotatable bonds is 2. The van der Waals surface area contributed by atoms with Crippen LogP contribution in [-0.4, -0.2) is 11.1 Å². The molecule has 0 unspecified atom stereocenters. The van der Waals surface area contributed by atoms with E-state index in [4.69, 9.17) is 11.6 Å². The summed E-state index contributed by atoms with van der Waals surface area (Å²) in [5.74, 6) is -1.14. The molecule has 3 rings (SSSR count). The van der Waals surface area contributed by atoms with E-state index in [1.807, 2.05) is 0 Å². The monoisotopic (exact) mass is 400 g/mol. The van der Waals surface area contributed by atoms with Gasteiger partial charge in [0.25, 0.3) is 5.91 Å². The van der Waals surface area contributed by atoms with E-state index in [0.29, 0.717) is 0 Å². The lowest BCUT2D eigenvalue weighted by molar-refractivity contribution is -0.137. The molecule has 1 amide bonds. The zero-order valence-electron chi connectivity index (χ0n) is 12.8. The zero-order valence-corrected chi connectivity index (χ0v) is 14.3. The Hall–Kier alpha value is -2.32. The van der Waals surface area contributed by atoms with Gasteiger partial charge < -0.3 is 5.32 Å². The Morgan fingerprint density at radius 2 is 1.88 bits per heavy atom. The highest BCUT2D eigenvalue weighted by molar-refractivity contribution is 8.18. The highest BCUT2D eigenvalue weighted by Gasteiger charge is 2.30. The second-order valence-electron chi connectivity index (χ2n) is 5.17. The molecular formula is C17H9ClF4N2OS. The summed E-state index contributed by atoms with van der Waals surface area (Å²) in [4.78, 5) is 16.1. The maximum atomic E-state index is 13.8. The van der Waals surface area contributed by atoms with Gasteiger partial charge in [-0.05, 0) is 48.2 Å². The average Bonchev–Trinajstić information content (AvgIpc) is 2.90. The fraction of sp³-hybridized carbons (Fsp3) is 0.0588. The van der Waals surface area contributed by atoms with Crippen LogP contribution >= 0.6 is 23.4 Å². The van der Waals surface area contributed by atoms with Gasteiger partial charge in [0.15, 0.2) is 5.17 Å². The Bertz CT molecular complexity index is 920. The first-order chi connectivity index (χ1) is 12.2. The van der Waals surface area contributed by atoms with Gasteiger partial charge in [0.2, 0.25) is 0 Å². The minimum absolute atomic E-state index is 0.0350. The van der Waals surface area contributed by atoms with Gasteiger partial charge in [-0.2, -0.15) is 13.2 Å². The third-order valence-electron chi connectivity index (χ3n) is 3.33. The number of amidine groups is 1. The van der Waals surface area contributed by atoms with Gasteiger partial charge in [0.1, 0.15) is 5.82 Å². The van der Waals surface area contributed by atoms with Crippen molar-refractivity contribution in [3.05, 3.63) is 69.3 Å². The molecule has 1 aliphatic rings. The second kappa shape index (κ2) is 7.13. The summed E-state index contributed by atoms with van der Waals surface area (Å²) in [6.07, 6.45) is -3.22. The number of carbonyl (C=O) groups is 1. The summed E-state index contributed by atoms with van der Waals surface area (Å²) in [6, 6.07) is 8.51. The van der Waals surface area contributed by atoms with Crippen molar-refractivity contribution in [1.82, 2.24) is 5.32 Å². The maximum absolute atomic E-state index is 13.8. The van der Waals surface area contributed by atoms with E-state index in [1.165, 1.54) is 36.4 Å². The van der Waals surface area contributed by atoms with Crippen LogP contribution in [0, 0.1) is 5.82 Å². The summed E-state index contributed by atoms with van der Waals surface area (Å²) in [5.41, 5.74) is -0.762. The van der Waals surface area contributed by atoms with Gasteiger partial charge >= 0.3 is 6.18 Å². The number of benzene rings is 2. The smallest absolute Gasteiger partial charge is 0.300 e. The second-order valence-corrected chi connectivity index (χ2v) is 6.60. The van der Waals surface area contributed by atoms with Crippen molar-refractivity contribution in [2.45, 2.75) is 6.18 Å². The third kappa shape index (κ3) is 4.08. The third-order valence-corrected chi connectivity index (χ3v) is 4.57. The molecule has 1 aliphatic heterocycles. The molecule has 9 heteroatoms. The van der Waals surface area contributed by atoms with Crippen LogP contribution in [0.25, 0.3) is 6.08 Å². The molecule has 0 aromatic heterocycles. The van der Waals surface area contributed by atoms with Crippen molar-refractivity contribution >= 4 is 46.2 Å². The Balaban J connectivity index is 1.88. The largest absolute Gasteiger partial charge is 0.416 e. The van der Waals surface area contributed by atoms with Crippen LogP contribution in [0.3, 0.4) is 0 Å². The van der Waals surface area contributed by atoms with Crippen molar-refractivity contribution in [3.63, 3.8) is 0 Å². The Kier molecular flexibility index (Phi) is 5.06. The number of hydrogen-bond acceptors (Lipinski definition) is 3. The van der Waals surface area contributed by atoms with E-state index in [2.05, 4.69) is 10.3 Å². The van der Waals surface area contributed by atoms with E-state index >= 15 is 0 Å². The van der Waals surface area contributed by atoms with Crippen molar-refractivity contribution in [2.24, 2.45) is 4.99 Å². The van der Waals surface area contributed by atoms with Crippen LogP contribution < -0.4 is 5.32 Å². The van der Waals surface area contributed by atoms with Crippen LogP contribution in [0.2, 0.25) is 5.02 Å². The predicted octanol–water partition coefficient (Wildman–Crippen LogP) is 5.39. The summed E-state index contributed by atoms with van der Waals surface area (Å²) < 4.78 is 52.1. The quantitative estimate of drug-likeness (QED) is 0.542. The molecule has 2 aromatic carbocycles. The van der Waals surface area contributed by atoms with E-state index in [-0.39, 0.29) is 26.3 Å². The van der Waals surface area contributed by atoms with E-state index in [1.54, 1.807) is 0 Å². The molecule has 26 heavy (non-hydrogen) atoms. The zero-order chi connectivity index (χ0) is 18.9. The molecule has 134 valence electrons. The molecule has 0 bridgehead atoms. The lowest BCUT2D eigenvalue weighted by Crippen LogP contribution is -2.19. The number of carbonyl (C=O) groups excluding carboxylic acids is 1. The molecule has 1 heterocycles. The SMILES string of the molecule is O=C1NC(=Nc2cccc(C(F)(F)F)c2)SC1=Cc1c(F)cccc1Cl. The lowest BCUT2D eigenvalue weighted by atomic mass is 10.2. The molecule has 0 spiro atoms. The Labute approximate surface area is 154 Å². The van der Waals surface area contributed by atoms with E-state index < -0.39 is 23.5 Å². The highest BCUT2D eigenvalue weighted by atomic mass is 35.5. The van der Waals surface area contributed by atoms with Gasteiger partial charge in [-0.25, -0.2) is 9.38 Å². The summed E-state index contributed by atoms with van der Waals surface area (Å²) >= 11 is 6.80. The molecule has 0 radical (unpaired) electrons. The van der Waals surface area contributed by atoms with Crippen molar-refractivity contribution in [1.29, 1.82) is 0 Å². The minimum atomic E-state index is -4.49. The van der Waals surface area contributed by atoms with Gasteiger partial charge in [0.05, 0.1) is 21.2 Å². The molecular weight excluding hydrogens is 392 g/mol. The topological polar surface area (TPSA) is 41.5 Å². The normalized spacial score (nSPS) is 17.8. The van der Waals surface area contributed by atoms with Gasteiger partial charge in [0, 0.05) is 5.56 Å². The lowest BCUT2D eigenvalue weighted by Gasteiger charge is -2.06. The first kappa shape index (κ1) is 18.5. The molecule has 0 aliphatic carbocycles. The van der Waals surface area contributed by atoms with Crippen molar-refractivity contribution in [3.8, 4) is 0 Å².